The topological polar surface area (TPSA) is 35.9 Å². The van der Waals surface area contributed by atoms with Crippen LogP contribution in [0.4, 0.5) is 0 Å². The zero-order chi connectivity index (χ0) is 20.4. The van der Waals surface area contributed by atoms with E-state index in [1.807, 2.05) is 0 Å². The number of rotatable bonds is 4. The van der Waals surface area contributed by atoms with Gasteiger partial charge in [-0.25, -0.2) is 5.01 Å². The molecule has 2 heterocycles. The van der Waals surface area contributed by atoms with Crippen molar-refractivity contribution in [2.24, 2.45) is 5.10 Å². The number of likely N-dealkylation sites (tertiary alicyclic amines) is 1. The number of carbonyl (C=O) groups is 1. The van der Waals surface area contributed by atoms with E-state index in [0.29, 0.717) is 6.54 Å². The summed E-state index contributed by atoms with van der Waals surface area (Å²) < 4.78 is 0. The van der Waals surface area contributed by atoms with Crippen molar-refractivity contribution in [3.63, 3.8) is 0 Å². The Balaban J connectivity index is 1.65. The highest BCUT2D eigenvalue weighted by Crippen LogP contribution is 2.35. The Morgan fingerprint density at radius 3 is 2.48 bits per heavy atom. The van der Waals surface area contributed by atoms with Crippen LogP contribution in [0.5, 0.6) is 0 Å². The Morgan fingerprint density at radius 1 is 1.00 bits per heavy atom. The second-order valence-corrected chi connectivity index (χ2v) is 8.52. The molecular weight excluding hydrogens is 358 g/mol. The lowest BCUT2D eigenvalue weighted by atomic mass is 9.93. The molecule has 29 heavy (non-hydrogen) atoms. The first-order chi connectivity index (χ1) is 14.0. The van der Waals surface area contributed by atoms with Crippen molar-refractivity contribution in [3.8, 4) is 0 Å². The van der Waals surface area contributed by atoms with Gasteiger partial charge in [0.05, 0.1) is 18.3 Å². The average molecular weight is 390 g/mol. The minimum absolute atomic E-state index is 0.0239. The van der Waals surface area contributed by atoms with E-state index in [9.17, 15) is 4.79 Å². The van der Waals surface area contributed by atoms with E-state index in [2.05, 4.69) is 68.1 Å². The minimum Gasteiger partial charge on any atom is -0.294 e. The van der Waals surface area contributed by atoms with E-state index >= 15 is 0 Å². The summed E-state index contributed by atoms with van der Waals surface area (Å²) in [7, 11) is 0. The van der Waals surface area contributed by atoms with Crippen LogP contribution in [0, 0.1) is 20.8 Å². The number of hydrogen-bond donors (Lipinski definition) is 0. The fourth-order valence-electron chi connectivity index (χ4n) is 4.62. The van der Waals surface area contributed by atoms with Gasteiger partial charge in [0.15, 0.2) is 0 Å². The van der Waals surface area contributed by atoms with Gasteiger partial charge in [-0.05, 0) is 63.4 Å². The zero-order valence-corrected chi connectivity index (χ0v) is 17.8. The van der Waals surface area contributed by atoms with Crippen molar-refractivity contribution in [1.29, 1.82) is 0 Å². The number of piperidine rings is 1. The molecule has 2 aliphatic rings. The minimum atomic E-state index is -0.0239. The molecule has 1 saturated heterocycles. The van der Waals surface area contributed by atoms with Crippen molar-refractivity contribution in [2.45, 2.75) is 52.5 Å². The Bertz CT molecular complexity index is 927. The zero-order valence-electron chi connectivity index (χ0n) is 17.8. The third-order valence-corrected chi connectivity index (χ3v) is 6.21. The number of hydrazone groups is 1. The van der Waals surface area contributed by atoms with Crippen LogP contribution in [-0.4, -0.2) is 41.2 Å². The van der Waals surface area contributed by atoms with Gasteiger partial charge in [-0.2, -0.15) is 5.10 Å². The molecular formula is C25H31N3O. The molecule has 0 N–H and O–H groups in total. The maximum Gasteiger partial charge on any atom is 0.257 e. The maximum absolute atomic E-state index is 13.3. The van der Waals surface area contributed by atoms with Gasteiger partial charge in [0.1, 0.15) is 0 Å². The Morgan fingerprint density at radius 2 is 1.76 bits per heavy atom. The van der Waals surface area contributed by atoms with Crippen LogP contribution in [-0.2, 0) is 4.79 Å². The number of carbonyl (C=O) groups excluding carboxylic acids is 1. The summed E-state index contributed by atoms with van der Waals surface area (Å²) in [5.74, 6) is 0.111. The van der Waals surface area contributed by atoms with Crippen molar-refractivity contribution in [2.75, 3.05) is 19.6 Å². The summed E-state index contributed by atoms with van der Waals surface area (Å²) >= 11 is 0. The molecule has 2 aliphatic heterocycles. The van der Waals surface area contributed by atoms with Gasteiger partial charge in [0.2, 0.25) is 0 Å². The fourth-order valence-corrected chi connectivity index (χ4v) is 4.62. The van der Waals surface area contributed by atoms with E-state index in [0.717, 1.165) is 30.8 Å². The number of nitrogens with zero attached hydrogens (tertiary/aromatic N) is 3. The summed E-state index contributed by atoms with van der Waals surface area (Å²) in [6.45, 7) is 8.86. The molecule has 2 aromatic rings. The second kappa shape index (κ2) is 8.50. The van der Waals surface area contributed by atoms with Crippen molar-refractivity contribution >= 4 is 11.6 Å². The van der Waals surface area contributed by atoms with Crippen molar-refractivity contribution in [3.05, 3.63) is 70.3 Å². The maximum atomic E-state index is 13.3. The number of amides is 1. The normalized spacial score (nSPS) is 20.0. The van der Waals surface area contributed by atoms with Gasteiger partial charge in [0, 0.05) is 12.0 Å². The lowest BCUT2D eigenvalue weighted by Gasteiger charge is -2.29. The van der Waals surface area contributed by atoms with E-state index in [1.165, 1.54) is 41.5 Å². The molecule has 2 aromatic carbocycles. The number of hydrogen-bond acceptors (Lipinski definition) is 3. The molecule has 0 radical (unpaired) electrons. The molecule has 0 saturated carbocycles. The van der Waals surface area contributed by atoms with Crippen molar-refractivity contribution < 1.29 is 4.79 Å². The van der Waals surface area contributed by atoms with Crippen LogP contribution in [0.3, 0.4) is 0 Å². The summed E-state index contributed by atoms with van der Waals surface area (Å²) in [5.41, 5.74) is 7.05. The summed E-state index contributed by atoms with van der Waals surface area (Å²) in [6, 6.07) is 14.8. The first-order valence-corrected chi connectivity index (χ1v) is 10.8. The Kier molecular flexibility index (Phi) is 5.81. The second-order valence-electron chi connectivity index (χ2n) is 8.52. The first kappa shape index (κ1) is 19.8. The highest BCUT2D eigenvalue weighted by Gasteiger charge is 2.34. The molecule has 152 valence electrons. The molecule has 1 atom stereocenters. The van der Waals surface area contributed by atoms with Gasteiger partial charge in [-0.3, -0.25) is 9.69 Å². The summed E-state index contributed by atoms with van der Waals surface area (Å²) in [5, 5.41) is 6.66. The third kappa shape index (κ3) is 4.27. The first-order valence-electron chi connectivity index (χ1n) is 10.8. The highest BCUT2D eigenvalue weighted by molar-refractivity contribution is 6.04. The Labute approximate surface area is 174 Å². The van der Waals surface area contributed by atoms with Gasteiger partial charge >= 0.3 is 0 Å². The third-order valence-electron chi connectivity index (χ3n) is 6.21. The van der Waals surface area contributed by atoms with Crippen LogP contribution in [0.2, 0.25) is 0 Å². The summed E-state index contributed by atoms with van der Waals surface area (Å²) in [4.78, 5) is 15.6. The lowest BCUT2D eigenvalue weighted by Crippen LogP contribution is -2.40. The van der Waals surface area contributed by atoms with E-state index < -0.39 is 0 Å². The van der Waals surface area contributed by atoms with Crippen molar-refractivity contribution in [1.82, 2.24) is 9.91 Å². The van der Waals surface area contributed by atoms with Gasteiger partial charge in [0.25, 0.3) is 5.91 Å². The van der Waals surface area contributed by atoms with E-state index in [-0.39, 0.29) is 11.9 Å². The van der Waals surface area contributed by atoms with Crippen LogP contribution in [0.1, 0.15) is 59.5 Å². The molecule has 0 spiro atoms. The average Bonchev–Trinajstić information content (AvgIpc) is 3.14. The van der Waals surface area contributed by atoms with Gasteiger partial charge in [-0.15, -0.1) is 0 Å². The lowest BCUT2D eigenvalue weighted by molar-refractivity contribution is -0.134. The largest absolute Gasteiger partial charge is 0.294 e. The standard InChI is InChI=1S/C25H31N3O/c1-18-11-12-21(20(3)15-18)23-16-24(22-10-6-5-9-19(22)2)28(26-23)25(29)17-27-13-7-4-8-14-27/h5-6,9-12,15,24H,4,7-8,13-14,16-17H2,1-3H3. The Hall–Kier alpha value is -2.46. The molecule has 1 amide bonds. The van der Waals surface area contributed by atoms with Crippen LogP contribution in [0.25, 0.3) is 0 Å². The molecule has 1 fully saturated rings. The predicted octanol–water partition coefficient (Wildman–Crippen LogP) is 4.78. The van der Waals surface area contributed by atoms with E-state index in [1.54, 1.807) is 5.01 Å². The van der Waals surface area contributed by atoms with Crippen LogP contribution < -0.4 is 0 Å². The smallest absolute Gasteiger partial charge is 0.257 e. The number of benzene rings is 2. The fraction of sp³-hybridized carbons (Fsp3) is 0.440. The molecule has 1 unspecified atom stereocenters. The highest BCUT2D eigenvalue weighted by atomic mass is 16.2. The van der Waals surface area contributed by atoms with Crippen LogP contribution >= 0.6 is 0 Å². The SMILES string of the molecule is Cc1ccc(C2=NN(C(=O)CN3CCCCC3)C(c3ccccc3C)C2)c(C)c1. The van der Waals surface area contributed by atoms with Gasteiger partial charge in [-0.1, -0.05) is 54.4 Å². The molecule has 0 bridgehead atoms. The summed E-state index contributed by atoms with van der Waals surface area (Å²) in [6.07, 6.45) is 4.41. The predicted molar refractivity (Wildman–Crippen MR) is 118 cm³/mol. The molecule has 0 aliphatic carbocycles. The molecule has 0 aromatic heterocycles. The molecule has 4 heteroatoms. The monoisotopic (exact) mass is 389 g/mol. The quantitative estimate of drug-likeness (QED) is 0.755. The molecule has 4 rings (SSSR count). The number of aryl methyl sites for hydroxylation is 3. The van der Waals surface area contributed by atoms with Gasteiger partial charge < -0.3 is 0 Å². The molecule has 4 nitrogen and oxygen atoms in total. The van der Waals surface area contributed by atoms with E-state index in [4.69, 9.17) is 5.10 Å². The van der Waals surface area contributed by atoms with Crippen LogP contribution in [0.15, 0.2) is 47.6 Å².